The first-order valence-corrected chi connectivity index (χ1v) is 6.58. The Morgan fingerprint density at radius 2 is 2.00 bits per heavy atom. The minimum absolute atomic E-state index is 0.422. The molecule has 1 saturated carbocycles. The van der Waals surface area contributed by atoms with Crippen LogP contribution in [0.3, 0.4) is 0 Å². The second-order valence-corrected chi connectivity index (χ2v) is 6.33. The van der Waals surface area contributed by atoms with Gasteiger partial charge in [0.2, 0.25) is 0 Å². The normalized spacial score (nSPS) is 29.5. The third-order valence-electron chi connectivity index (χ3n) is 2.65. The summed E-state index contributed by atoms with van der Waals surface area (Å²) in [7, 11) is 0. The maximum absolute atomic E-state index is 3.70. The van der Waals surface area contributed by atoms with E-state index >= 15 is 0 Å². The predicted molar refractivity (Wildman–Crippen MR) is 62.4 cm³/mol. The topological polar surface area (TPSA) is 12.0 Å². The molecule has 0 aromatic carbocycles. The molecule has 2 heteroatoms. The Morgan fingerprint density at radius 3 is 2.54 bits per heavy atom. The molecule has 1 fully saturated rings. The Bertz CT molecular complexity index is 151. The molecule has 0 radical (unpaired) electrons. The van der Waals surface area contributed by atoms with Crippen molar-refractivity contribution in [3.63, 3.8) is 0 Å². The molecule has 1 N–H and O–H groups in total. The first-order valence-electron chi connectivity index (χ1n) is 5.29. The van der Waals surface area contributed by atoms with E-state index in [-0.39, 0.29) is 0 Å². The first-order chi connectivity index (χ1) is 6.03. The standard InChI is InChI=1S/C11H23NS/c1-11(2,3)8-12-9-6-5-7-10(9)13-4/h9-10,12H,5-8H2,1-4H3. The van der Waals surface area contributed by atoms with Crippen LogP contribution in [0.4, 0.5) is 0 Å². The summed E-state index contributed by atoms with van der Waals surface area (Å²) >= 11 is 2.03. The monoisotopic (exact) mass is 201 g/mol. The molecule has 0 saturated heterocycles. The number of hydrogen-bond acceptors (Lipinski definition) is 2. The average molecular weight is 201 g/mol. The Balaban J connectivity index is 2.28. The highest BCUT2D eigenvalue weighted by atomic mass is 32.2. The predicted octanol–water partition coefficient (Wildman–Crippen LogP) is 2.91. The van der Waals surface area contributed by atoms with Crippen LogP contribution in [-0.2, 0) is 0 Å². The Morgan fingerprint density at radius 1 is 1.31 bits per heavy atom. The zero-order valence-electron chi connectivity index (χ0n) is 9.39. The number of rotatable bonds is 3. The van der Waals surface area contributed by atoms with Crippen molar-refractivity contribution in [3.8, 4) is 0 Å². The molecule has 1 aliphatic rings. The van der Waals surface area contributed by atoms with Crippen LogP contribution in [-0.4, -0.2) is 24.1 Å². The van der Waals surface area contributed by atoms with Gasteiger partial charge in [-0.3, -0.25) is 0 Å². The van der Waals surface area contributed by atoms with Crippen LogP contribution in [0.2, 0.25) is 0 Å². The molecule has 2 unspecified atom stereocenters. The van der Waals surface area contributed by atoms with E-state index in [1.165, 1.54) is 19.3 Å². The molecule has 1 nitrogen and oxygen atoms in total. The van der Waals surface area contributed by atoms with E-state index < -0.39 is 0 Å². The molecule has 2 atom stereocenters. The molecule has 78 valence electrons. The highest BCUT2D eigenvalue weighted by Crippen LogP contribution is 2.28. The molecule has 0 spiro atoms. The van der Waals surface area contributed by atoms with Gasteiger partial charge in [0.15, 0.2) is 0 Å². The summed E-state index contributed by atoms with van der Waals surface area (Å²) in [6, 6.07) is 0.772. The average Bonchev–Trinajstić information content (AvgIpc) is 2.46. The fraction of sp³-hybridized carbons (Fsp3) is 1.00. The lowest BCUT2D eigenvalue weighted by Gasteiger charge is -2.25. The van der Waals surface area contributed by atoms with Gasteiger partial charge in [-0.05, 0) is 24.5 Å². The minimum atomic E-state index is 0.422. The van der Waals surface area contributed by atoms with Gasteiger partial charge in [0.05, 0.1) is 0 Å². The van der Waals surface area contributed by atoms with Crippen molar-refractivity contribution in [2.24, 2.45) is 5.41 Å². The van der Waals surface area contributed by atoms with Crippen LogP contribution >= 0.6 is 11.8 Å². The minimum Gasteiger partial charge on any atom is -0.312 e. The first kappa shape index (κ1) is 11.4. The molecular formula is C11H23NS. The van der Waals surface area contributed by atoms with Gasteiger partial charge >= 0.3 is 0 Å². The van der Waals surface area contributed by atoms with Crippen molar-refractivity contribution < 1.29 is 0 Å². The van der Waals surface area contributed by atoms with Gasteiger partial charge in [0.25, 0.3) is 0 Å². The van der Waals surface area contributed by atoms with Gasteiger partial charge in [0.1, 0.15) is 0 Å². The van der Waals surface area contributed by atoms with E-state index in [2.05, 4.69) is 32.3 Å². The molecule has 13 heavy (non-hydrogen) atoms. The van der Waals surface area contributed by atoms with Gasteiger partial charge in [-0.2, -0.15) is 11.8 Å². The van der Waals surface area contributed by atoms with E-state index in [4.69, 9.17) is 0 Å². The second kappa shape index (κ2) is 4.70. The molecule has 0 aromatic rings. The highest BCUT2D eigenvalue weighted by molar-refractivity contribution is 7.99. The maximum atomic E-state index is 3.70. The summed E-state index contributed by atoms with van der Waals surface area (Å²) < 4.78 is 0. The zero-order chi connectivity index (χ0) is 9.90. The zero-order valence-corrected chi connectivity index (χ0v) is 10.2. The molecule has 1 aliphatic carbocycles. The molecule has 0 aromatic heterocycles. The van der Waals surface area contributed by atoms with Gasteiger partial charge in [-0.25, -0.2) is 0 Å². The van der Waals surface area contributed by atoms with Crippen LogP contribution in [0.15, 0.2) is 0 Å². The summed E-state index contributed by atoms with van der Waals surface area (Å²) in [5.74, 6) is 0. The van der Waals surface area contributed by atoms with E-state index in [0.29, 0.717) is 5.41 Å². The summed E-state index contributed by atoms with van der Waals surface area (Å²) in [5.41, 5.74) is 0.422. The Labute approximate surface area is 87.1 Å². The lowest BCUT2D eigenvalue weighted by Crippen LogP contribution is -2.39. The van der Waals surface area contributed by atoms with Gasteiger partial charge in [0, 0.05) is 17.8 Å². The van der Waals surface area contributed by atoms with Crippen molar-refractivity contribution in [1.29, 1.82) is 0 Å². The second-order valence-electron chi connectivity index (χ2n) is 5.25. The van der Waals surface area contributed by atoms with Crippen LogP contribution in [0.1, 0.15) is 40.0 Å². The van der Waals surface area contributed by atoms with Crippen LogP contribution < -0.4 is 5.32 Å². The number of hydrogen-bond donors (Lipinski definition) is 1. The third-order valence-corrected chi connectivity index (χ3v) is 3.82. The summed E-state index contributed by atoms with van der Waals surface area (Å²) in [5, 5.41) is 4.57. The van der Waals surface area contributed by atoms with E-state index in [1.807, 2.05) is 11.8 Å². The highest BCUT2D eigenvalue weighted by Gasteiger charge is 2.26. The fourth-order valence-corrected chi connectivity index (χ4v) is 2.84. The van der Waals surface area contributed by atoms with Crippen molar-refractivity contribution >= 4 is 11.8 Å². The summed E-state index contributed by atoms with van der Waals surface area (Å²) in [6.07, 6.45) is 6.43. The van der Waals surface area contributed by atoms with Crippen LogP contribution in [0.5, 0.6) is 0 Å². The lowest BCUT2D eigenvalue weighted by atomic mass is 9.96. The van der Waals surface area contributed by atoms with E-state index in [1.54, 1.807) is 0 Å². The van der Waals surface area contributed by atoms with Gasteiger partial charge < -0.3 is 5.32 Å². The fourth-order valence-electron chi connectivity index (χ4n) is 1.88. The Hall–Kier alpha value is 0.310. The van der Waals surface area contributed by atoms with E-state index in [9.17, 15) is 0 Å². The van der Waals surface area contributed by atoms with Crippen molar-refractivity contribution in [2.45, 2.75) is 51.3 Å². The lowest BCUT2D eigenvalue weighted by molar-refractivity contribution is 0.353. The maximum Gasteiger partial charge on any atom is 0.0198 e. The van der Waals surface area contributed by atoms with Gasteiger partial charge in [-0.1, -0.05) is 27.2 Å². The van der Waals surface area contributed by atoms with Crippen LogP contribution in [0, 0.1) is 5.41 Å². The van der Waals surface area contributed by atoms with Gasteiger partial charge in [-0.15, -0.1) is 0 Å². The van der Waals surface area contributed by atoms with Crippen molar-refractivity contribution in [3.05, 3.63) is 0 Å². The Kier molecular flexibility index (Phi) is 4.11. The number of nitrogens with one attached hydrogen (secondary N) is 1. The largest absolute Gasteiger partial charge is 0.312 e. The quantitative estimate of drug-likeness (QED) is 0.753. The van der Waals surface area contributed by atoms with Crippen LogP contribution in [0.25, 0.3) is 0 Å². The van der Waals surface area contributed by atoms with Crippen molar-refractivity contribution in [1.82, 2.24) is 5.32 Å². The third kappa shape index (κ3) is 3.90. The molecule has 0 amide bonds. The molecular weight excluding hydrogens is 178 g/mol. The van der Waals surface area contributed by atoms with Crippen molar-refractivity contribution in [2.75, 3.05) is 12.8 Å². The molecule has 0 bridgehead atoms. The summed E-state index contributed by atoms with van der Waals surface area (Å²) in [6.45, 7) is 8.03. The SMILES string of the molecule is CSC1CCCC1NCC(C)(C)C. The number of thioether (sulfide) groups is 1. The molecule has 0 heterocycles. The molecule has 0 aliphatic heterocycles. The molecule has 1 rings (SSSR count). The summed E-state index contributed by atoms with van der Waals surface area (Å²) in [4.78, 5) is 0. The van der Waals surface area contributed by atoms with E-state index in [0.717, 1.165) is 17.8 Å². The smallest absolute Gasteiger partial charge is 0.0198 e.